The summed E-state index contributed by atoms with van der Waals surface area (Å²) in [5, 5.41) is 6.69. The molecule has 1 atom stereocenters. The van der Waals surface area contributed by atoms with Gasteiger partial charge in [0.05, 0.1) is 0 Å². The topological polar surface area (TPSA) is 56.7 Å². The third-order valence-electron chi connectivity index (χ3n) is 3.31. The van der Waals surface area contributed by atoms with Crippen molar-refractivity contribution in [2.75, 3.05) is 26.2 Å². The molecule has 0 aromatic heterocycles. The number of carbonyl (C=O) groups is 1. The van der Waals surface area contributed by atoms with E-state index in [0.29, 0.717) is 12.5 Å². The summed E-state index contributed by atoms with van der Waals surface area (Å²) in [6.07, 6.45) is 3.87. The van der Waals surface area contributed by atoms with E-state index in [0.717, 1.165) is 51.4 Å². The molecule has 0 spiro atoms. The maximum absolute atomic E-state index is 11.6. The molecule has 1 amide bonds. The molecule has 2 N–H and O–H groups in total. The van der Waals surface area contributed by atoms with Gasteiger partial charge in [0.15, 0.2) is 5.96 Å². The van der Waals surface area contributed by atoms with Crippen LogP contribution in [-0.2, 0) is 4.79 Å². The van der Waals surface area contributed by atoms with Crippen LogP contribution in [0.4, 0.5) is 0 Å². The van der Waals surface area contributed by atoms with Gasteiger partial charge in [0, 0.05) is 38.6 Å². The first-order valence-electron chi connectivity index (χ1n) is 7.53. The molecule has 1 heterocycles. The first-order valence-corrected chi connectivity index (χ1v) is 7.53. The molecule has 5 nitrogen and oxygen atoms in total. The van der Waals surface area contributed by atoms with E-state index in [2.05, 4.69) is 29.5 Å². The van der Waals surface area contributed by atoms with E-state index in [1.54, 1.807) is 0 Å². The Bertz CT molecular complexity index is 304. The van der Waals surface area contributed by atoms with Gasteiger partial charge in [-0.15, -0.1) is 0 Å². The molecule has 1 aliphatic rings. The monoisotopic (exact) mass is 268 g/mol. The second-order valence-electron chi connectivity index (χ2n) is 4.94. The van der Waals surface area contributed by atoms with Crippen molar-refractivity contribution in [2.45, 2.75) is 52.5 Å². The maximum atomic E-state index is 11.6. The summed E-state index contributed by atoms with van der Waals surface area (Å²) in [6.45, 7) is 9.53. The van der Waals surface area contributed by atoms with Crippen molar-refractivity contribution in [2.24, 2.45) is 4.99 Å². The highest BCUT2D eigenvalue weighted by Gasteiger charge is 2.25. The molecule has 1 unspecified atom stereocenters. The first kappa shape index (κ1) is 15.8. The summed E-state index contributed by atoms with van der Waals surface area (Å²) in [4.78, 5) is 18.1. The molecule has 1 aliphatic heterocycles. The number of aliphatic imine (C=N–C) groups is 1. The summed E-state index contributed by atoms with van der Waals surface area (Å²) in [6, 6.07) is 0.329. The average molecular weight is 268 g/mol. The van der Waals surface area contributed by atoms with E-state index < -0.39 is 0 Å². The average Bonchev–Trinajstić information content (AvgIpc) is 2.87. The molecule has 0 aliphatic carbocycles. The highest BCUT2D eigenvalue weighted by molar-refractivity contribution is 5.80. The number of amides is 1. The van der Waals surface area contributed by atoms with E-state index in [4.69, 9.17) is 0 Å². The predicted molar refractivity (Wildman–Crippen MR) is 79.3 cm³/mol. The zero-order valence-electron chi connectivity index (χ0n) is 12.5. The minimum atomic E-state index is 0.247. The Labute approximate surface area is 116 Å². The molecule has 1 rings (SSSR count). The Morgan fingerprint density at radius 1 is 1.37 bits per heavy atom. The Hall–Kier alpha value is -1.26. The molecule has 0 aromatic rings. The third kappa shape index (κ3) is 5.49. The lowest BCUT2D eigenvalue weighted by Gasteiger charge is -2.18. The summed E-state index contributed by atoms with van der Waals surface area (Å²) in [5.74, 6) is 1.13. The fourth-order valence-electron chi connectivity index (χ4n) is 2.19. The quantitative estimate of drug-likeness (QED) is 0.434. The molecular formula is C14H28N4O. The lowest BCUT2D eigenvalue weighted by atomic mass is 10.3. The van der Waals surface area contributed by atoms with Crippen LogP contribution in [0.15, 0.2) is 4.99 Å². The first-order chi connectivity index (χ1) is 9.21. The molecule has 19 heavy (non-hydrogen) atoms. The van der Waals surface area contributed by atoms with E-state index >= 15 is 0 Å². The summed E-state index contributed by atoms with van der Waals surface area (Å²) in [5.41, 5.74) is 0. The standard InChI is InChI=1S/C14H28N4O/c1-4-7-9-16-14(15-6-3)17-12-8-10-18(11-12)13(19)5-2/h12H,4-11H2,1-3H3,(H2,15,16,17). The number of rotatable bonds is 6. The normalized spacial score (nSPS) is 19.6. The Balaban J connectivity index is 2.42. The second-order valence-corrected chi connectivity index (χ2v) is 4.94. The van der Waals surface area contributed by atoms with Crippen LogP contribution in [0.2, 0.25) is 0 Å². The molecule has 0 saturated carbocycles. The Morgan fingerprint density at radius 2 is 2.16 bits per heavy atom. The summed E-state index contributed by atoms with van der Waals surface area (Å²) in [7, 11) is 0. The van der Waals surface area contributed by atoms with Crippen LogP contribution in [0.1, 0.15) is 46.5 Å². The fourth-order valence-corrected chi connectivity index (χ4v) is 2.19. The van der Waals surface area contributed by atoms with Gasteiger partial charge < -0.3 is 15.5 Å². The van der Waals surface area contributed by atoms with Crippen LogP contribution in [-0.4, -0.2) is 49.0 Å². The smallest absolute Gasteiger partial charge is 0.222 e. The number of hydrogen-bond donors (Lipinski definition) is 2. The van der Waals surface area contributed by atoms with E-state index in [1.807, 2.05) is 11.8 Å². The van der Waals surface area contributed by atoms with Crippen LogP contribution >= 0.6 is 0 Å². The van der Waals surface area contributed by atoms with Gasteiger partial charge in [0.1, 0.15) is 0 Å². The number of hydrogen-bond acceptors (Lipinski definition) is 2. The molecule has 110 valence electrons. The van der Waals surface area contributed by atoms with Crippen LogP contribution < -0.4 is 10.6 Å². The molecule has 0 aromatic carbocycles. The van der Waals surface area contributed by atoms with Crippen molar-refractivity contribution in [1.29, 1.82) is 0 Å². The fraction of sp³-hybridized carbons (Fsp3) is 0.857. The number of likely N-dealkylation sites (tertiary alicyclic amines) is 1. The minimum absolute atomic E-state index is 0.247. The van der Waals surface area contributed by atoms with Gasteiger partial charge in [-0.1, -0.05) is 20.3 Å². The molecule has 5 heteroatoms. The highest BCUT2D eigenvalue weighted by atomic mass is 16.2. The SMILES string of the molecule is CCCCN=C(NCC)NC1CCN(C(=O)CC)C1. The number of unbranched alkanes of at least 4 members (excludes halogenated alkanes) is 1. The van der Waals surface area contributed by atoms with Gasteiger partial charge in [-0.25, -0.2) is 0 Å². The van der Waals surface area contributed by atoms with Gasteiger partial charge in [0.2, 0.25) is 5.91 Å². The lowest BCUT2D eigenvalue weighted by molar-refractivity contribution is -0.129. The third-order valence-corrected chi connectivity index (χ3v) is 3.31. The molecule has 1 fully saturated rings. The van der Waals surface area contributed by atoms with E-state index in [9.17, 15) is 4.79 Å². The highest BCUT2D eigenvalue weighted by Crippen LogP contribution is 2.10. The van der Waals surface area contributed by atoms with Crippen molar-refractivity contribution >= 4 is 11.9 Å². The zero-order chi connectivity index (χ0) is 14.1. The maximum Gasteiger partial charge on any atom is 0.222 e. The van der Waals surface area contributed by atoms with Gasteiger partial charge >= 0.3 is 0 Å². The molecular weight excluding hydrogens is 240 g/mol. The number of nitrogens with one attached hydrogen (secondary N) is 2. The van der Waals surface area contributed by atoms with Crippen molar-refractivity contribution in [1.82, 2.24) is 15.5 Å². The number of carbonyl (C=O) groups excluding carboxylic acids is 1. The van der Waals surface area contributed by atoms with Gasteiger partial charge in [-0.05, 0) is 19.8 Å². The second kappa shape index (κ2) is 8.77. The lowest BCUT2D eigenvalue weighted by Crippen LogP contribution is -2.45. The van der Waals surface area contributed by atoms with Crippen molar-refractivity contribution in [3.63, 3.8) is 0 Å². The van der Waals surface area contributed by atoms with E-state index in [1.165, 1.54) is 0 Å². The number of nitrogens with zero attached hydrogens (tertiary/aromatic N) is 2. The summed E-state index contributed by atoms with van der Waals surface area (Å²) >= 11 is 0. The van der Waals surface area contributed by atoms with Gasteiger partial charge in [0.25, 0.3) is 0 Å². The Morgan fingerprint density at radius 3 is 2.79 bits per heavy atom. The van der Waals surface area contributed by atoms with Gasteiger partial charge in [-0.3, -0.25) is 9.79 Å². The zero-order valence-corrected chi connectivity index (χ0v) is 12.5. The van der Waals surface area contributed by atoms with Crippen molar-refractivity contribution in [3.05, 3.63) is 0 Å². The predicted octanol–water partition coefficient (Wildman–Crippen LogP) is 1.35. The summed E-state index contributed by atoms with van der Waals surface area (Å²) < 4.78 is 0. The molecule has 0 bridgehead atoms. The van der Waals surface area contributed by atoms with Gasteiger partial charge in [-0.2, -0.15) is 0 Å². The van der Waals surface area contributed by atoms with E-state index in [-0.39, 0.29) is 5.91 Å². The van der Waals surface area contributed by atoms with Crippen LogP contribution in [0, 0.1) is 0 Å². The van der Waals surface area contributed by atoms with Crippen LogP contribution in [0.3, 0.4) is 0 Å². The molecule has 0 radical (unpaired) electrons. The number of guanidine groups is 1. The Kier molecular flexibility index (Phi) is 7.30. The largest absolute Gasteiger partial charge is 0.357 e. The molecule has 1 saturated heterocycles. The van der Waals surface area contributed by atoms with Crippen molar-refractivity contribution in [3.8, 4) is 0 Å². The van der Waals surface area contributed by atoms with Crippen LogP contribution in [0.5, 0.6) is 0 Å². The van der Waals surface area contributed by atoms with Crippen LogP contribution in [0.25, 0.3) is 0 Å². The minimum Gasteiger partial charge on any atom is -0.357 e. The van der Waals surface area contributed by atoms with Crippen molar-refractivity contribution < 1.29 is 4.79 Å².